The van der Waals surface area contributed by atoms with E-state index in [0.717, 1.165) is 0 Å². The first-order valence-corrected chi connectivity index (χ1v) is 4.36. The van der Waals surface area contributed by atoms with E-state index in [1.165, 1.54) is 25.9 Å². The molecule has 0 aromatic carbocycles. The molecule has 0 spiro atoms. The highest BCUT2D eigenvalue weighted by molar-refractivity contribution is 6.30. The second kappa shape index (κ2) is 12.8. The van der Waals surface area contributed by atoms with Gasteiger partial charge in [0.05, 0.1) is 0 Å². The first kappa shape index (κ1) is 18.1. The summed E-state index contributed by atoms with van der Waals surface area (Å²) in [6.45, 7) is 2.50. The number of carbonyl (C=O) groups is 2. The smallest absolute Gasteiger partial charge is 0.402 e. The van der Waals surface area contributed by atoms with Crippen LogP contribution in [0.15, 0.2) is 0 Å². The number of hydrogen-bond donors (Lipinski definition) is 4. The SMILES string of the molecule is C1CCNC1.O=C(OF)C(=O)OF.OB(O)O. The van der Waals surface area contributed by atoms with Gasteiger partial charge < -0.3 is 20.4 Å². The van der Waals surface area contributed by atoms with Crippen molar-refractivity contribution in [3.63, 3.8) is 0 Å². The van der Waals surface area contributed by atoms with Crippen molar-refractivity contribution in [2.75, 3.05) is 13.1 Å². The monoisotopic (exact) mass is 259 g/mol. The van der Waals surface area contributed by atoms with Gasteiger partial charge in [0.25, 0.3) is 0 Å². The van der Waals surface area contributed by atoms with Gasteiger partial charge in [0, 0.05) is 9.05 Å². The summed E-state index contributed by atoms with van der Waals surface area (Å²) in [5.74, 6) is -4.04. The molecule has 100 valence electrons. The van der Waals surface area contributed by atoms with Crippen LogP contribution in [0.25, 0.3) is 0 Å². The number of rotatable bonds is 0. The largest absolute Gasteiger partial charge is 0.631 e. The molecule has 17 heavy (non-hydrogen) atoms. The molecule has 0 aromatic rings. The van der Waals surface area contributed by atoms with Crippen molar-refractivity contribution in [3.05, 3.63) is 0 Å². The third-order valence-electron chi connectivity index (χ3n) is 1.26. The van der Waals surface area contributed by atoms with E-state index < -0.39 is 19.3 Å². The first-order valence-electron chi connectivity index (χ1n) is 4.36. The lowest BCUT2D eigenvalue weighted by atomic mass is 10.3. The van der Waals surface area contributed by atoms with E-state index in [9.17, 15) is 18.6 Å². The van der Waals surface area contributed by atoms with Gasteiger partial charge in [0.1, 0.15) is 0 Å². The summed E-state index contributed by atoms with van der Waals surface area (Å²) < 4.78 is 21.0. The Morgan fingerprint density at radius 1 is 1.00 bits per heavy atom. The topological polar surface area (TPSA) is 125 Å². The summed E-state index contributed by atoms with van der Waals surface area (Å²) in [6.07, 6.45) is 2.78. The van der Waals surface area contributed by atoms with Crippen molar-refractivity contribution >= 4 is 19.3 Å². The van der Waals surface area contributed by atoms with E-state index in [0.29, 0.717) is 0 Å². The van der Waals surface area contributed by atoms with Gasteiger partial charge in [-0.2, -0.15) is 0 Å². The van der Waals surface area contributed by atoms with Crippen molar-refractivity contribution in [3.8, 4) is 0 Å². The van der Waals surface area contributed by atoms with E-state index in [2.05, 4.69) is 15.2 Å². The molecule has 0 radical (unpaired) electrons. The van der Waals surface area contributed by atoms with Crippen molar-refractivity contribution in [2.45, 2.75) is 12.8 Å². The average Bonchev–Trinajstić information content (AvgIpc) is 2.84. The maximum absolute atomic E-state index is 10.5. The predicted octanol–water partition coefficient (Wildman–Crippen LogP) is -1.84. The molecule has 1 fully saturated rings. The second-order valence-electron chi connectivity index (χ2n) is 2.53. The lowest BCUT2D eigenvalue weighted by Crippen LogP contribution is -2.13. The normalized spacial score (nSPS) is 12.3. The molecule has 1 saturated heterocycles. The van der Waals surface area contributed by atoms with Crippen LogP contribution in [0.3, 0.4) is 0 Å². The van der Waals surface area contributed by atoms with Crippen LogP contribution in [0, 0.1) is 0 Å². The van der Waals surface area contributed by atoms with E-state index in [1.807, 2.05) is 0 Å². The van der Waals surface area contributed by atoms with Gasteiger partial charge in [-0.3, -0.25) is 0 Å². The van der Waals surface area contributed by atoms with Crippen LogP contribution in [0.2, 0.25) is 0 Å². The zero-order chi connectivity index (χ0) is 13.7. The van der Waals surface area contributed by atoms with Gasteiger partial charge in [-0.05, 0) is 25.9 Å². The fourth-order valence-electron chi connectivity index (χ4n) is 0.688. The van der Waals surface area contributed by atoms with E-state index in [-0.39, 0.29) is 0 Å². The van der Waals surface area contributed by atoms with Gasteiger partial charge in [-0.15, -0.1) is 0 Å². The van der Waals surface area contributed by atoms with E-state index in [1.54, 1.807) is 0 Å². The fraction of sp³-hybridized carbons (Fsp3) is 0.667. The molecule has 0 unspecified atom stereocenters. The highest BCUT2D eigenvalue weighted by atomic mass is 19.3. The summed E-state index contributed by atoms with van der Waals surface area (Å²) in [5, 5.41) is 24.7. The molecule has 0 aromatic heterocycles. The summed E-state index contributed by atoms with van der Waals surface area (Å²) in [4.78, 5) is 23.4. The molecule has 0 bridgehead atoms. The fourth-order valence-corrected chi connectivity index (χ4v) is 0.688. The summed E-state index contributed by atoms with van der Waals surface area (Å²) in [7, 11) is -2.17. The number of halogens is 2. The van der Waals surface area contributed by atoms with Crippen molar-refractivity contribution < 1.29 is 43.6 Å². The van der Waals surface area contributed by atoms with Crippen LogP contribution >= 0.6 is 0 Å². The van der Waals surface area contributed by atoms with Crippen LogP contribution in [-0.4, -0.2) is 47.4 Å². The third-order valence-corrected chi connectivity index (χ3v) is 1.26. The maximum atomic E-state index is 10.5. The minimum atomic E-state index is -2.17. The molecule has 0 atom stereocenters. The zero-order valence-corrected chi connectivity index (χ0v) is 8.64. The molecule has 8 nitrogen and oxygen atoms in total. The molecular formula is C6H12BF2NO7. The molecule has 11 heteroatoms. The van der Waals surface area contributed by atoms with Gasteiger partial charge in [-0.1, -0.05) is 0 Å². The minimum absolute atomic E-state index is 1.25. The Balaban J connectivity index is 0. The Kier molecular flexibility index (Phi) is 13.6. The van der Waals surface area contributed by atoms with Crippen LogP contribution < -0.4 is 5.32 Å². The lowest BCUT2D eigenvalue weighted by Gasteiger charge is -1.82. The van der Waals surface area contributed by atoms with Crippen LogP contribution in [0.5, 0.6) is 0 Å². The molecule has 4 N–H and O–H groups in total. The van der Waals surface area contributed by atoms with E-state index >= 15 is 0 Å². The molecule has 0 saturated carbocycles. The van der Waals surface area contributed by atoms with Crippen molar-refractivity contribution in [1.29, 1.82) is 0 Å². The highest BCUT2D eigenvalue weighted by Crippen LogP contribution is 1.90. The Morgan fingerprint density at radius 2 is 1.29 bits per heavy atom. The van der Waals surface area contributed by atoms with Gasteiger partial charge in [0.15, 0.2) is 0 Å². The molecule has 1 heterocycles. The number of hydrogen-bond acceptors (Lipinski definition) is 8. The summed E-state index contributed by atoms with van der Waals surface area (Å²) in [5.41, 5.74) is 0. The minimum Gasteiger partial charge on any atom is -0.402 e. The Morgan fingerprint density at radius 3 is 1.41 bits per heavy atom. The maximum Gasteiger partial charge on any atom is 0.631 e. The number of carbonyl (C=O) groups excluding carboxylic acids is 2. The average molecular weight is 259 g/mol. The molecule has 0 aliphatic carbocycles. The van der Waals surface area contributed by atoms with E-state index in [4.69, 9.17) is 15.1 Å². The number of nitrogens with one attached hydrogen (secondary N) is 1. The zero-order valence-electron chi connectivity index (χ0n) is 8.64. The third kappa shape index (κ3) is 17.3. The predicted molar refractivity (Wildman–Crippen MR) is 48.9 cm³/mol. The molecule has 1 aliphatic heterocycles. The van der Waals surface area contributed by atoms with Gasteiger partial charge >= 0.3 is 19.3 Å². The van der Waals surface area contributed by atoms with Gasteiger partial charge in [-0.25, -0.2) is 19.5 Å². The lowest BCUT2D eigenvalue weighted by molar-refractivity contribution is -0.212. The quantitative estimate of drug-likeness (QED) is 0.295. The second-order valence-corrected chi connectivity index (χ2v) is 2.53. The molecule has 1 aliphatic rings. The van der Waals surface area contributed by atoms with Crippen LogP contribution in [0.4, 0.5) is 9.05 Å². The Bertz CT molecular complexity index is 190. The van der Waals surface area contributed by atoms with Crippen LogP contribution in [0.1, 0.15) is 12.8 Å². The standard InChI is InChI=1S/C4H9N.C2F2O4.BH3O3/c1-2-4-5-3-1;3-7-1(5)2(6)8-4;2-1(3)4/h5H,1-4H2;;2-4H. The van der Waals surface area contributed by atoms with Gasteiger partial charge in [0.2, 0.25) is 0 Å². The molecule has 1 rings (SSSR count). The highest BCUT2D eigenvalue weighted by Gasteiger charge is 2.18. The Labute approximate surface area is 95.1 Å². The summed E-state index contributed by atoms with van der Waals surface area (Å²) >= 11 is 0. The first-order chi connectivity index (χ1) is 7.95. The molecular weight excluding hydrogens is 247 g/mol. The van der Waals surface area contributed by atoms with Crippen molar-refractivity contribution in [2.24, 2.45) is 0 Å². The Hall–Kier alpha value is -1.30. The summed E-state index contributed by atoms with van der Waals surface area (Å²) in [6, 6.07) is 0. The molecule has 0 amide bonds. The van der Waals surface area contributed by atoms with Crippen molar-refractivity contribution in [1.82, 2.24) is 5.32 Å². The van der Waals surface area contributed by atoms with Crippen LogP contribution in [-0.2, 0) is 19.5 Å².